The number of alkyl halides is 3. The van der Waals surface area contributed by atoms with Crippen molar-refractivity contribution in [2.45, 2.75) is 20.0 Å². The number of amides is 1. The molecule has 13 heavy (non-hydrogen) atoms. The van der Waals surface area contributed by atoms with Crippen LogP contribution >= 0.6 is 0 Å². The predicted molar refractivity (Wildman–Crippen MR) is 41.0 cm³/mol. The van der Waals surface area contributed by atoms with Gasteiger partial charge in [-0.15, -0.1) is 0 Å². The van der Waals surface area contributed by atoms with Crippen LogP contribution in [0.5, 0.6) is 0 Å². The highest BCUT2D eigenvalue weighted by Crippen LogP contribution is 2.27. The summed E-state index contributed by atoms with van der Waals surface area (Å²) in [6.45, 7) is 4.15. The minimum atomic E-state index is -4.72. The molecule has 76 valence electrons. The van der Waals surface area contributed by atoms with Crippen LogP contribution in [0.25, 0.3) is 0 Å². The highest BCUT2D eigenvalue weighted by molar-refractivity contribution is 5.82. The Morgan fingerprint density at radius 1 is 1.23 bits per heavy atom. The molecule has 0 aromatic carbocycles. The lowest BCUT2D eigenvalue weighted by Crippen LogP contribution is -2.39. The first kappa shape index (κ1) is 10.3. The van der Waals surface area contributed by atoms with Gasteiger partial charge in [0.25, 0.3) is 0 Å². The topological polar surface area (TPSA) is 20.3 Å². The quantitative estimate of drug-likeness (QED) is 0.575. The number of likely N-dealkylation sites (tertiary alicyclic amines) is 1. The summed E-state index contributed by atoms with van der Waals surface area (Å²) in [5, 5.41) is 0. The van der Waals surface area contributed by atoms with Crippen LogP contribution < -0.4 is 0 Å². The lowest BCUT2D eigenvalue weighted by Gasteiger charge is -2.17. The van der Waals surface area contributed by atoms with Crippen molar-refractivity contribution in [2.75, 3.05) is 13.1 Å². The van der Waals surface area contributed by atoms with E-state index in [-0.39, 0.29) is 24.9 Å². The van der Waals surface area contributed by atoms with Crippen molar-refractivity contribution < 1.29 is 18.0 Å². The largest absolute Gasteiger partial charge is 0.471 e. The average molecular weight is 195 g/mol. The fourth-order valence-electron chi connectivity index (χ4n) is 1.47. The highest BCUT2D eigenvalue weighted by atomic mass is 19.4. The molecule has 0 N–H and O–H groups in total. The van der Waals surface area contributed by atoms with E-state index in [0.717, 1.165) is 4.90 Å². The molecule has 2 nitrogen and oxygen atoms in total. The molecular formula is C8H12F3NO. The van der Waals surface area contributed by atoms with Crippen LogP contribution in [-0.2, 0) is 4.79 Å². The number of carbonyl (C=O) groups excluding carboxylic acids is 1. The summed E-state index contributed by atoms with van der Waals surface area (Å²) in [5.74, 6) is -1.39. The zero-order chi connectivity index (χ0) is 10.2. The standard InChI is InChI=1S/C8H12F3NO/c1-5-3-12(4-6(5)2)7(13)8(9,10)11/h5-6H,3-4H2,1-2H3. The molecule has 1 rings (SSSR count). The first-order valence-corrected chi connectivity index (χ1v) is 4.18. The Kier molecular flexibility index (Phi) is 2.54. The average Bonchev–Trinajstić information content (AvgIpc) is 2.29. The Hall–Kier alpha value is -0.740. The minimum absolute atomic E-state index is 0.159. The van der Waals surface area contributed by atoms with Gasteiger partial charge in [0.2, 0.25) is 0 Å². The van der Waals surface area contributed by atoms with Gasteiger partial charge in [-0.25, -0.2) is 0 Å². The number of halogens is 3. The highest BCUT2D eigenvalue weighted by Gasteiger charge is 2.45. The molecule has 1 aliphatic heterocycles. The van der Waals surface area contributed by atoms with Gasteiger partial charge in [0.15, 0.2) is 0 Å². The van der Waals surface area contributed by atoms with Crippen LogP contribution in [0.4, 0.5) is 13.2 Å². The first-order chi connectivity index (χ1) is 5.82. The summed E-state index contributed by atoms with van der Waals surface area (Å²) in [5.41, 5.74) is 0. The zero-order valence-corrected chi connectivity index (χ0v) is 7.56. The first-order valence-electron chi connectivity index (χ1n) is 4.18. The van der Waals surface area contributed by atoms with Crippen molar-refractivity contribution in [3.8, 4) is 0 Å². The Morgan fingerprint density at radius 2 is 1.62 bits per heavy atom. The molecule has 0 aromatic heterocycles. The Balaban J connectivity index is 2.61. The second kappa shape index (κ2) is 3.20. The van der Waals surface area contributed by atoms with Crippen molar-refractivity contribution >= 4 is 5.91 Å². The summed E-state index contributed by atoms with van der Waals surface area (Å²) in [6, 6.07) is 0. The van der Waals surface area contributed by atoms with Gasteiger partial charge in [-0.05, 0) is 11.8 Å². The van der Waals surface area contributed by atoms with Crippen LogP contribution in [-0.4, -0.2) is 30.1 Å². The summed E-state index contributed by atoms with van der Waals surface area (Å²) >= 11 is 0. The van der Waals surface area contributed by atoms with Crippen LogP contribution in [0, 0.1) is 11.8 Å². The van der Waals surface area contributed by atoms with Gasteiger partial charge in [0.1, 0.15) is 0 Å². The fraction of sp³-hybridized carbons (Fsp3) is 0.875. The molecule has 0 saturated carbocycles. The SMILES string of the molecule is CC1CN(C(=O)C(F)(F)F)CC1C. The number of hydrogen-bond acceptors (Lipinski definition) is 1. The van der Waals surface area contributed by atoms with Crippen molar-refractivity contribution in [3.63, 3.8) is 0 Å². The van der Waals surface area contributed by atoms with E-state index in [2.05, 4.69) is 0 Å². The maximum atomic E-state index is 12.0. The van der Waals surface area contributed by atoms with Gasteiger partial charge >= 0.3 is 12.1 Å². The Morgan fingerprint density at radius 3 is 1.92 bits per heavy atom. The maximum Gasteiger partial charge on any atom is 0.471 e. The lowest BCUT2D eigenvalue weighted by molar-refractivity contribution is -0.184. The number of nitrogens with zero attached hydrogens (tertiary/aromatic N) is 1. The molecule has 5 heteroatoms. The predicted octanol–water partition coefficient (Wildman–Crippen LogP) is 1.66. The van der Waals surface area contributed by atoms with Gasteiger partial charge in [-0.2, -0.15) is 13.2 Å². The van der Waals surface area contributed by atoms with Crippen molar-refractivity contribution in [1.82, 2.24) is 4.90 Å². The van der Waals surface area contributed by atoms with E-state index in [0.29, 0.717) is 0 Å². The molecule has 1 saturated heterocycles. The second-order valence-corrected chi connectivity index (χ2v) is 3.66. The van der Waals surface area contributed by atoms with E-state index < -0.39 is 12.1 Å². The van der Waals surface area contributed by atoms with Crippen molar-refractivity contribution in [3.05, 3.63) is 0 Å². The molecule has 0 spiro atoms. The molecule has 2 atom stereocenters. The molecule has 0 bridgehead atoms. The van der Waals surface area contributed by atoms with E-state index in [1.165, 1.54) is 0 Å². The van der Waals surface area contributed by atoms with E-state index in [1.807, 2.05) is 13.8 Å². The van der Waals surface area contributed by atoms with Gasteiger partial charge in [-0.3, -0.25) is 4.79 Å². The molecule has 1 fully saturated rings. The van der Waals surface area contributed by atoms with Gasteiger partial charge in [-0.1, -0.05) is 13.8 Å². The third-order valence-corrected chi connectivity index (χ3v) is 2.52. The number of carbonyl (C=O) groups is 1. The fourth-order valence-corrected chi connectivity index (χ4v) is 1.47. The Bertz CT molecular complexity index is 204. The van der Waals surface area contributed by atoms with Gasteiger partial charge in [0.05, 0.1) is 0 Å². The summed E-state index contributed by atoms with van der Waals surface area (Å²) < 4.78 is 35.9. The van der Waals surface area contributed by atoms with Crippen LogP contribution in [0.1, 0.15) is 13.8 Å². The molecule has 0 aromatic rings. The normalized spacial score (nSPS) is 29.5. The molecule has 1 amide bonds. The van der Waals surface area contributed by atoms with Gasteiger partial charge in [0, 0.05) is 13.1 Å². The third kappa shape index (κ3) is 2.14. The van der Waals surface area contributed by atoms with Crippen LogP contribution in [0.2, 0.25) is 0 Å². The minimum Gasteiger partial charge on any atom is -0.334 e. The van der Waals surface area contributed by atoms with Crippen molar-refractivity contribution in [2.24, 2.45) is 11.8 Å². The molecule has 1 heterocycles. The smallest absolute Gasteiger partial charge is 0.334 e. The van der Waals surface area contributed by atoms with Gasteiger partial charge < -0.3 is 4.90 Å². The zero-order valence-electron chi connectivity index (χ0n) is 7.56. The van der Waals surface area contributed by atoms with E-state index in [1.54, 1.807) is 0 Å². The Labute approximate surface area is 74.7 Å². The third-order valence-electron chi connectivity index (χ3n) is 2.52. The summed E-state index contributed by atoms with van der Waals surface area (Å²) in [7, 11) is 0. The van der Waals surface area contributed by atoms with E-state index in [4.69, 9.17) is 0 Å². The van der Waals surface area contributed by atoms with E-state index in [9.17, 15) is 18.0 Å². The summed E-state index contributed by atoms with van der Waals surface area (Å²) in [6.07, 6.45) is -4.72. The number of hydrogen-bond donors (Lipinski definition) is 0. The molecule has 2 unspecified atom stereocenters. The second-order valence-electron chi connectivity index (χ2n) is 3.66. The maximum absolute atomic E-state index is 12.0. The number of rotatable bonds is 0. The molecular weight excluding hydrogens is 183 g/mol. The van der Waals surface area contributed by atoms with Crippen molar-refractivity contribution in [1.29, 1.82) is 0 Å². The lowest BCUT2D eigenvalue weighted by atomic mass is 10.0. The molecule has 1 aliphatic rings. The monoisotopic (exact) mass is 195 g/mol. The molecule has 0 aliphatic carbocycles. The van der Waals surface area contributed by atoms with E-state index >= 15 is 0 Å². The van der Waals surface area contributed by atoms with Crippen LogP contribution in [0.15, 0.2) is 0 Å². The van der Waals surface area contributed by atoms with Crippen LogP contribution in [0.3, 0.4) is 0 Å². The molecule has 0 radical (unpaired) electrons. The summed E-state index contributed by atoms with van der Waals surface area (Å²) in [4.78, 5) is 11.6.